The van der Waals surface area contributed by atoms with Crippen molar-refractivity contribution < 1.29 is 9.84 Å². The molecule has 2 aromatic rings. The van der Waals surface area contributed by atoms with E-state index in [0.717, 1.165) is 29.8 Å². The van der Waals surface area contributed by atoms with Gasteiger partial charge in [-0.1, -0.05) is 25.5 Å². The fourth-order valence-corrected chi connectivity index (χ4v) is 2.11. The zero-order valence-electron chi connectivity index (χ0n) is 12.0. The van der Waals surface area contributed by atoms with E-state index in [1.54, 1.807) is 19.2 Å². The lowest BCUT2D eigenvalue weighted by Crippen LogP contribution is -2.00. The van der Waals surface area contributed by atoms with Crippen LogP contribution in [0.25, 0.3) is 0 Å². The molecule has 0 fully saturated rings. The molecular weight excluding hydrogens is 250 g/mol. The minimum absolute atomic E-state index is 0.279. The van der Waals surface area contributed by atoms with Crippen LogP contribution in [0, 0.1) is 0 Å². The lowest BCUT2D eigenvalue weighted by atomic mass is 10.1. The van der Waals surface area contributed by atoms with Crippen LogP contribution in [0.3, 0.4) is 0 Å². The number of rotatable bonds is 6. The molecule has 0 bridgehead atoms. The molecule has 0 aliphatic heterocycles. The van der Waals surface area contributed by atoms with Crippen LogP contribution in [0.2, 0.25) is 0 Å². The average Bonchev–Trinajstić information content (AvgIpc) is 2.48. The largest absolute Gasteiger partial charge is 0.508 e. The van der Waals surface area contributed by atoms with Crippen LogP contribution >= 0.6 is 0 Å². The van der Waals surface area contributed by atoms with Crippen LogP contribution in [-0.4, -0.2) is 12.2 Å². The van der Waals surface area contributed by atoms with Crippen molar-refractivity contribution in [3.8, 4) is 11.5 Å². The molecule has 3 heteroatoms. The summed E-state index contributed by atoms with van der Waals surface area (Å²) in [5, 5.41) is 13.1. The Morgan fingerprint density at radius 2 is 1.85 bits per heavy atom. The molecule has 2 aromatic carbocycles. The van der Waals surface area contributed by atoms with Gasteiger partial charge in [0.15, 0.2) is 0 Å². The lowest BCUT2D eigenvalue weighted by Gasteiger charge is -2.10. The second-order valence-corrected chi connectivity index (χ2v) is 4.80. The first-order valence-electron chi connectivity index (χ1n) is 6.91. The molecule has 0 heterocycles. The summed E-state index contributed by atoms with van der Waals surface area (Å²) in [6.07, 6.45) is 2.27. The van der Waals surface area contributed by atoms with Gasteiger partial charge in [0.25, 0.3) is 0 Å². The van der Waals surface area contributed by atoms with Gasteiger partial charge in [-0.25, -0.2) is 0 Å². The number of phenolic OH excluding ortho intramolecular Hbond substituents is 1. The highest BCUT2D eigenvalue weighted by Crippen LogP contribution is 2.23. The molecule has 0 aliphatic rings. The summed E-state index contributed by atoms with van der Waals surface area (Å²) in [5.74, 6) is 1.03. The fourth-order valence-electron chi connectivity index (χ4n) is 2.11. The maximum Gasteiger partial charge on any atom is 0.120 e. The van der Waals surface area contributed by atoms with Crippen molar-refractivity contribution in [2.24, 2.45) is 0 Å². The molecular formula is C17H21NO2. The Morgan fingerprint density at radius 1 is 1.10 bits per heavy atom. The molecule has 0 saturated heterocycles. The topological polar surface area (TPSA) is 41.5 Å². The minimum Gasteiger partial charge on any atom is -0.508 e. The average molecular weight is 271 g/mol. The summed E-state index contributed by atoms with van der Waals surface area (Å²) < 4.78 is 5.17. The first-order valence-corrected chi connectivity index (χ1v) is 6.91. The van der Waals surface area contributed by atoms with Gasteiger partial charge in [-0.15, -0.1) is 0 Å². The molecule has 0 aliphatic carbocycles. The number of benzene rings is 2. The molecule has 106 valence electrons. The molecule has 0 atom stereocenters. The summed E-state index contributed by atoms with van der Waals surface area (Å²) in [6, 6.07) is 13.7. The van der Waals surface area contributed by atoms with E-state index in [0.29, 0.717) is 6.54 Å². The Hall–Kier alpha value is -2.16. The zero-order chi connectivity index (χ0) is 14.4. The predicted molar refractivity (Wildman–Crippen MR) is 82.4 cm³/mol. The second-order valence-electron chi connectivity index (χ2n) is 4.80. The number of ether oxygens (including phenoxy) is 1. The molecule has 20 heavy (non-hydrogen) atoms. The third kappa shape index (κ3) is 3.67. The summed E-state index contributed by atoms with van der Waals surface area (Å²) in [7, 11) is 1.62. The summed E-state index contributed by atoms with van der Waals surface area (Å²) in [5.41, 5.74) is 3.22. The van der Waals surface area contributed by atoms with Gasteiger partial charge in [-0.3, -0.25) is 0 Å². The number of aryl methyl sites for hydroxylation is 1. The third-order valence-corrected chi connectivity index (χ3v) is 3.26. The van der Waals surface area contributed by atoms with Crippen LogP contribution < -0.4 is 10.1 Å². The number of phenols is 1. The first kappa shape index (κ1) is 14.3. The monoisotopic (exact) mass is 271 g/mol. The Bertz CT molecular complexity index is 549. The molecule has 0 spiro atoms. The van der Waals surface area contributed by atoms with Crippen LogP contribution in [-0.2, 0) is 13.0 Å². The molecule has 0 unspecified atom stereocenters. The molecule has 3 nitrogen and oxygen atoms in total. The highest BCUT2D eigenvalue weighted by molar-refractivity contribution is 5.47. The second kappa shape index (κ2) is 6.85. The Balaban J connectivity index is 2.01. The van der Waals surface area contributed by atoms with Crippen LogP contribution in [0.5, 0.6) is 11.5 Å². The molecule has 0 radical (unpaired) electrons. The quantitative estimate of drug-likeness (QED) is 0.835. The van der Waals surface area contributed by atoms with E-state index in [2.05, 4.69) is 36.5 Å². The van der Waals surface area contributed by atoms with Gasteiger partial charge in [-0.05, 0) is 42.3 Å². The van der Waals surface area contributed by atoms with Crippen LogP contribution in [0.1, 0.15) is 24.5 Å². The first-order chi connectivity index (χ1) is 9.72. The van der Waals surface area contributed by atoms with Gasteiger partial charge in [0, 0.05) is 17.8 Å². The van der Waals surface area contributed by atoms with Crippen LogP contribution in [0.4, 0.5) is 5.69 Å². The third-order valence-electron chi connectivity index (χ3n) is 3.26. The maximum absolute atomic E-state index is 9.83. The van der Waals surface area contributed by atoms with E-state index in [1.165, 1.54) is 5.56 Å². The van der Waals surface area contributed by atoms with E-state index in [4.69, 9.17) is 4.74 Å². The lowest BCUT2D eigenvalue weighted by molar-refractivity contribution is 0.411. The fraction of sp³-hybridized carbons (Fsp3) is 0.294. The van der Waals surface area contributed by atoms with Crippen molar-refractivity contribution in [2.75, 3.05) is 12.4 Å². The molecule has 2 rings (SSSR count). The highest BCUT2D eigenvalue weighted by atomic mass is 16.5. The van der Waals surface area contributed by atoms with E-state index in [1.807, 2.05) is 6.07 Å². The Labute approximate surface area is 120 Å². The van der Waals surface area contributed by atoms with Crippen molar-refractivity contribution in [3.63, 3.8) is 0 Å². The number of hydrogen-bond acceptors (Lipinski definition) is 3. The molecule has 0 saturated carbocycles. The standard InChI is InChI=1S/C17H21NO2/c1-3-4-13-5-7-15(8-6-13)18-12-14-11-16(20-2)9-10-17(14)19/h5-11,18-19H,3-4,12H2,1-2H3. The smallest absolute Gasteiger partial charge is 0.120 e. The maximum atomic E-state index is 9.83. The number of anilines is 1. The predicted octanol–water partition coefficient (Wildman–Crippen LogP) is 3.97. The number of hydrogen-bond donors (Lipinski definition) is 2. The number of nitrogens with one attached hydrogen (secondary N) is 1. The van der Waals surface area contributed by atoms with Gasteiger partial charge in [-0.2, -0.15) is 0 Å². The van der Waals surface area contributed by atoms with Gasteiger partial charge < -0.3 is 15.2 Å². The molecule has 2 N–H and O–H groups in total. The van der Waals surface area contributed by atoms with Crippen molar-refractivity contribution in [3.05, 3.63) is 53.6 Å². The molecule has 0 aromatic heterocycles. The SMILES string of the molecule is CCCc1ccc(NCc2cc(OC)ccc2O)cc1. The Morgan fingerprint density at radius 3 is 2.50 bits per heavy atom. The van der Waals surface area contributed by atoms with E-state index < -0.39 is 0 Å². The van der Waals surface area contributed by atoms with Gasteiger partial charge >= 0.3 is 0 Å². The van der Waals surface area contributed by atoms with Crippen molar-refractivity contribution in [1.29, 1.82) is 0 Å². The van der Waals surface area contributed by atoms with Gasteiger partial charge in [0.05, 0.1) is 7.11 Å². The van der Waals surface area contributed by atoms with Crippen molar-refractivity contribution in [2.45, 2.75) is 26.3 Å². The van der Waals surface area contributed by atoms with Crippen LogP contribution in [0.15, 0.2) is 42.5 Å². The van der Waals surface area contributed by atoms with Crippen molar-refractivity contribution in [1.82, 2.24) is 0 Å². The highest BCUT2D eigenvalue weighted by Gasteiger charge is 2.03. The van der Waals surface area contributed by atoms with Gasteiger partial charge in [0.1, 0.15) is 11.5 Å². The normalized spacial score (nSPS) is 10.3. The van der Waals surface area contributed by atoms with Crippen molar-refractivity contribution >= 4 is 5.69 Å². The van der Waals surface area contributed by atoms with Gasteiger partial charge in [0.2, 0.25) is 0 Å². The number of methoxy groups -OCH3 is 1. The summed E-state index contributed by atoms with van der Waals surface area (Å²) >= 11 is 0. The number of aromatic hydroxyl groups is 1. The van der Waals surface area contributed by atoms with E-state index >= 15 is 0 Å². The summed E-state index contributed by atoms with van der Waals surface area (Å²) in [4.78, 5) is 0. The summed E-state index contributed by atoms with van der Waals surface area (Å²) in [6.45, 7) is 2.74. The van der Waals surface area contributed by atoms with E-state index in [-0.39, 0.29) is 5.75 Å². The molecule has 0 amide bonds. The van der Waals surface area contributed by atoms with E-state index in [9.17, 15) is 5.11 Å². The Kier molecular flexibility index (Phi) is 4.88. The minimum atomic E-state index is 0.279. The zero-order valence-corrected chi connectivity index (χ0v) is 12.0.